The number of imide groups is 1. The van der Waals surface area contributed by atoms with Crippen molar-refractivity contribution >= 4 is 34.3 Å². The molecule has 4 aromatic rings. The van der Waals surface area contributed by atoms with E-state index < -0.39 is 6.04 Å². The van der Waals surface area contributed by atoms with Gasteiger partial charge in [-0.1, -0.05) is 87.5 Å². The number of benzene rings is 3. The lowest BCUT2D eigenvalue weighted by atomic mass is 9.92. The van der Waals surface area contributed by atoms with Gasteiger partial charge in [-0.2, -0.15) is 5.10 Å². The maximum Gasteiger partial charge on any atom is 0.332 e. The molecule has 0 N–H and O–H groups in total. The summed E-state index contributed by atoms with van der Waals surface area (Å²) in [6.07, 6.45) is 0.607. The number of amides is 4. The molecule has 3 saturated heterocycles. The first kappa shape index (κ1) is 24.6. The molecule has 0 saturated carbocycles. The van der Waals surface area contributed by atoms with Crippen LogP contribution in [0, 0.1) is 0 Å². The van der Waals surface area contributed by atoms with E-state index in [0.717, 1.165) is 22.0 Å². The Labute approximate surface area is 232 Å². The van der Waals surface area contributed by atoms with Crippen molar-refractivity contribution in [2.24, 2.45) is 0 Å². The van der Waals surface area contributed by atoms with Gasteiger partial charge in [-0.15, -0.1) is 0 Å². The third kappa shape index (κ3) is 3.66. The molecule has 4 heterocycles. The third-order valence-corrected chi connectivity index (χ3v) is 8.48. The van der Waals surface area contributed by atoms with Crippen LogP contribution in [-0.4, -0.2) is 62.1 Å². The van der Waals surface area contributed by atoms with Gasteiger partial charge in [0.05, 0.1) is 30.0 Å². The first-order chi connectivity index (χ1) is 19.2. The van der Waals surface area contributed by atoms with Crippen LogP contribution in [0.1, 0.15) is 48.9 Å². The van der Waals surface area contributed by atoms with Crippen molar-refractivity contribution in [1.82, 2.24) is 19.6 Å². The quantitative estimate of drug-likeness (QED) is 0.353. The summed E-state index contributed by atoms with van der Waals surface area (Å²) in [7, 11) is 0. The first-order valence-corrected chi connectivity index (χ1v) is 13.8. The Morgan fingerprint density at radius 2 is 1.68 bits per heavy atom. The highest BCUT2D eigenvalue weighted by molar-refractivity contribution is 6.25. The van der Waals surface area contributed by atoms with Crippen LogP contribution < -0.4 is 4.90 Å². The number of carbonyl (C=O) groups is 3. The van der Waals surface area contributed by atoms with Crippen LogP contribution in [0.15, 0.2) is 78.9 Å². The Kier molecular flexibility index (Phi) is 5.39. The lowest BCUT2D eigenvalue weighted by molar-refractivity contribution is -0.121. The van der Waals surface area contributed by atoms with Gasteiger partial charge in [0.25, 0.3) is 11.8 Å². The summed E-state index contributed by atoms with van der Waals surface area (Å²) in [6, 6.07) is 23.7. The summed E-state index contributed by atoms with van der Waals surface area (Å²) < 4.78 is 1.78. The third-order valence-electron chi connectivity index (χ3n) is 8.48. The molecule has 3 aliphatic rings. The van der Waals surface area contributed by atoms with Gasteiger partial charge in [0.15, 0.2) is 0 Å². The second-order valence-electron chi connectivity index (χ2n) is 12.0. The van der Waals surface area contributed by atoms with Crippen LogP contribution in [0.25, 0.3) is 10.8 Å². The van der Waals surface area contributed by atoms with Gasteiger partial charge < -0.3 is 9.80 Å². The van der Waals surface area contributed by atoms with Crippen molar-refractivity contribution in [2.75, 3.05) is 11.4 Å². The fourth-order valence-electron chi connectivity index (χ4n) is 6.50. The Morgan fingerprint density at radius 3 is 2.45 bits per heavy atom. The van der Waals surface area contributed by atoms with Crippen molar-refractivity contribution in [3.8, 4) is 0 Å². The van der Waals surface area contributed by atoms with Gasteiger partial charge in [-0.05, 0) is 29.5 Å². The zero-order valence-corrected chi connectivity index (χ0v) is 22.8. The summed E-state index contributed by atoms with van der Waals surface area (Å²) in [5.41, 5.74) is 2.76. The molecule has 0 radical (unpaired) electrons. The molecule has 0 spiro atoms. The lowest BCUT2D eigenvalue weighted by Gasteiger charge is -2.34. The number of piperazine rings is 1. The van der Waals surface area contributed by atoms with Gasteiger partial charge in [0.2, 0.25) is 0 Å². The van der Waals surface area contributed by atoms with E-state index in [2.05, 4.69) is 20.8 Å². The lowest BCUT2D eigenvalue weighted by Crippen LogP contribution is -2.55. The summed E-state index contributed by atoms with van der Waals surface area (Å²) in [4.78, 5) is 46.5. The second kappa shape index (κ2) is 8.78. The number of urea groups is 1. The fourth-order valence-corrected chi connectivity index (χ4v) is 6.50. The average molecular weight is 534 g/mol. The van der Waals surface area contributed by atoms with Crippen LogP contribution in [0.2, 0.25) is 0 Å². The Balaban J connectivity index is 1.21. The zero-order chi connectivity index (χ0) is 27.8. The van der Waals surface area contributed by atoms with Crippen molar-refractivity contribution in [3.63, 3.8) is 0 Å². The average Bonchev–Trinajstić information content (AvgIpc) is 3.71. The van der Waals surface area contributed by atoms with E-state index in [9.17, 15) is 14.4 Å². The number of likely N-dealkylation sites (tertiary alicyclic amines) is 1. The molecular weight excluding hydrogens is 502 g/mol. The number of rotatable bonds is 4. The molecular formula is C32H31N5O3. The molecule has 202 valence electrons. The van der Waals surface area contributed by atoms with E-state index in [1.165, 1.54) is 4.90 Å². The molecule has 3 aromatic carbocycles. The van der Waals surface area contributed by atoms with E-state index in [4.69, 9.17) is 5.10 Å². The number of nitrogens with zero attached hydrogens (tertiary/aromatic N) is 5. The van der Waals surface area contributed by atoms with Crippen LogP contribution in [0.5, 0.6) is 0 Å². The monoisotopic (exact) mass is 533 g/mol. The Hall–Kier alpha value is -4.46. The summed E-state index contributed by atoms with van der Waals surface area (Å²) >= 11 is 0. The largest absolute Gasteiger partial charge is 0.332 e. The number of hydrogen-bond donors (Lipinski definition) is 0. The second-order valence-corrected chi connectivity index (χ2v) is 12.0. The van der Waals surface area contributed by atoms with E-state index in [0.29, 0.717) is 30.9 Å². The molecule has 3 atom stereocenters. The predicted octanol–water partition coefficient (Wildman–Crippen LogP) is 4.82. The van der Waals surface area contributed by atoms with Crippen LogP contribution in [-0.2, 0) is 16.8 Å². The molecule has 7 rings (SSSR count). The van der Waals surface area contributed by atoms with Crippen molar-refractivity contribution in [1.29, 1.82) is 0 Å². The van der Waals surface area contributed by atoms with Crippen LogP contribution in [0.4, 0.5) is 10.5 Å². The van der Waals surface area contributed by atoms with E-state index in [1.807, 2.05) is 78.9 Å². The summed E-state index contributed by atoms with van der Waals surface area (Å²) in [5.74, 6) is -0.408. The number of hydrogen-bond acceptors (Lipinski definition) is 4. The number of carbonyl (C=O) groups excluding carboxylic acids is 3. The van der Waals surface area contributed by atoms with Crippen molar-refractivity contribution in [3.05, 3.63) is 95.8 Å². The van der Waals surface area contributed by atoms with Crippen LogP contribution in [0.3, 0.4) is 0 Å². The fraction of sp³-hybridized carbons (Fsp3) is 0.312. The van der Waals surface area contributed by atoms with Crippen LogP contribution >= 0.6 is 0 Å². The van der Waals surface area contributed by atoms with E-state index >= 15 is 0 Å². The smallest absolute Gasteiger partial charge is 0.330 e. The minimum Gasteiger partial charge on any atom is -0.330 e. The van der Waals surface area contributed by atoms with Gasteiger partial charge in [-0.25, -0.2) is 9.69 Å². The SMILES string of the molecule is CC(C)(C)c1cc(C(=O)N2C[C@H]3CC2C2C(=O)N(c4cccc5ccccc45)C(=O)N23)n(Cc2ccccc2)n1. The Bertz CT molecular complexity index is 1670. The van der Waals surface area contributed by atoms with Gasteiger partial charge in [-0.3, -0.25) is 14.3 Å². The minimum atomic E-state index is -0.679. The molecule has 8 heteroatoms. The maximum atomic E-state index is 14.1. The van der Waals surface area contributed by atoms with Gasteiger partial charge in [0, 0.05) is 17.3 Å². The highest BCUT2D eigenvalue weighted by Crippen LogP contribution is 2.44. The molecule has 3 fully saturated rings. The summed E-state index contributed by atoms with van der Waals surface area (Å²) in [5, 5.41) is 6.66. The molecule has 1 aromatic heterocycles. The molecule has 2 bridgehead atoms. The minimum absolute atomic E-state index is 0.144. The molecule has 40 heavy (non-hydrogen) atoms. The molecule has 4 amide bonds. The molecule has 3 aliphatic heterocycles. The maximum absolute atomic E-state index is 14.1. The number of fused-ring (bicyclic) bond motifs is 6. The van der Waals surface area contributed by atoms with E-state index in [-0.39, 0.29) is 35.3 Å². The predicted molar refractivity (Wildman–Crippen MR) is 152 cm³/mol. The van der Waals surface area contributed by atoms with Crippen molar-refractivity contribution < 1.29 is 14.4 Å². The highest BCUT2D eigenvalue weighted by Gasteiger charge is 2.63. The molecule has 8 nitrogen and oxygen atoms in total. The standard InChI is InChI=1S/C32H31N5O3/c1-32(2,3)27-17-26(35(33-27)18-20-10-5-4-6-11-20)29(38)34-19-22-16-25(34)28-30(39)37(31(40)36(22)28)24-15-9-13-21-12-7-8-14-23(21)24/h4-15,17,22,25,28H,16,18-19H2,1-3H3/t22-,25?,28?/m1/s1. The molecule has 2 unspecified atom stereocenters. The van der Waals surface area contributed by atoms with Gasteiger partial charge >= 0.3 is 6.03 Å². The topological polar surface area (TPSA) is 78.8 Å². The first-order valence-electron chi connectivity index (χ1n) is 13.8. The Morgan fingerprint density at radius 1 is 0.950 bits per heavy atom. The number of anilines is 1. The molecule has 0 aliphatic carbocycles. The van der Waals surface area contributed by atoms with Crippen molar-refractivity contribution in [2.45, 2.75) is 57.3 Å². The number of aromatic nitrogens is 2. The normalized spacial score (nSPS) is 22.1. The summed E-state index contributed by atoms with van der Waals surface area (Å²) in [6.45, 7) is 7.12. The van der Waals surface area contributed by atoms with E-state index in [1.54, 1.807) is 14.5 Å². The van der Waals surface area contributed by atoms with Gasteiger partial charge in [0.1, 0.15) is 11.7 Å². The zero-order valence-electron chi connectivity index (χ0n) is 22.8. The highest BCUT2D eigenvalue weighted by atomic mass is 16.2.